The van der Waals surface area contributed by atoms with Crippen LogP contribution in [0.25, 0.3) is 0 Å². The Morgan fingerprint density at radius 1 is 1.11 bits per heavy atom. The maximum Gasteiger partial charge on any atom is 0.0198 e. The van der Waals surface area contributed by atoms with Gasteiger partial charge in [0.1, 0.15) is 0 Å². The van der Waals surface area contributed by atoms with Crippen molar-refractivity contribution < 1.29 is 0 Å². The lowest BCUT2D eigenvalue weighted by Crippen LogP contribution is -2.50. The van der Waals surface area contributed by atoms with Crippen LogP contribution in [0.2, 0.25) is 0 Å². The highest BCUT2D eigenvalue weighted by molar-refractivity contribution is 4.86. The van der Waals surface area contributed by atoms with Gasteiger partial charge in [-0.3, -0.25) is 0 Å². The van der Waals surface area contributed by atoms with E-state index in [0.717, 1.165) is 17.9 Å². The Morgan fingerprint density at radius 3 is 2.37 bits per heavy atom. The van der Waals surface area contributed by atoms with E-state index in [0.29, 0.717) is 5.41 Å². The molecule has 0 aromatic heterocycles. The second kappa shape index (κ2) is 6.58. The third-order valence-corrected chi connectivity index (χ3v) is 4.88. The zero-order valence-electron chi connectivity index (χ0n) is 13.5. The fourth-order valence-electron chi connectivity index (χ4n) is 3.75. The first-order chi connectivity index (χ1) is 8.96. The molecule has 2 aliphatic rings. The van der Waals surface area contributed by atoms with Crippen LogP contribution in [-0.4, -0.2) is 37.1 Å². The average Bonchev–Trinajstić information content (AvgIpc) is 2.24. The summed E-state index contributed by atoms with van der Waals surface area (Å²) in [5.74, 6) is 1.87. The van der Waals surface area contributed by atoms with Gasteiger partial charge in [0.2, 0.25) is 0 Å². The maximum absolute atomic E-state index is 3.86. The molecule has 0 aromatic carbocycles. The first-order valence-electron chi connectivity index (χ1n) is 8.42. The SMILES string of the molecule is CCN1CC(CC(C)(C)C)CC(NCC2CCC2)C1. The molecule has 2 rings (SSSR count). The molecule has 0 spiro atoms. The number of likely N-dealkylation sites (tertiary alicyclic amines) is 1. The van der Waals surface area contributed by atoms with Gasteiger partial charge in [-0.2, -0.15) is 0 Å². The fourth-order valence-corrected chi connectivity index (χ4v) is 3.75. The van der Waals surface area contributed by atoms with Crippen LogP contribution in [0.5, 0.6) is 0 Å². The molecule has 2 nitrogen and oxygen atoms in total. The standard InChI is InChI=1S/C17H34N2/c1-5-19-12-15(10-17(2,3)4)9-16(13-19)18-11-14-7-6-8-14/h14-16,18H,5-13H2,1-4H3. The zero-order valence-corrected chi connectivity index (χ0v) is 13.5. The monoisotopic (exact) mass is 266 g/mol. The van der Waals surface area contributed by atoms with Gasteiger partial charge in [0.15, 0.2) is 0 Å². The first kappa shape index (κ1) is 15.3. The average molecular weight is 266 g/mol. The van der Waals surface area contributed by atoms with Crippen LogP contribution in [0.3, 0.4) is 0 Å². The summed E-state index contributed by atoms with van der Waals surface area (Å²) in [6.07, 6.45) is 7.14. The highest BCUT2D eigenvalue weighted by Gasteiger charge is 2.29. The predicted octanol–water partition coefficient (Wildman–Crippen LogP) is 3.52. The van der Waals surface area contributed by atoms with E-state index in [9.17, 15) is 0 Å². The molecule has 2 unspecified atom stereocenters. The summed E-state index contributed by atoms with van der Waals surface area (Å²) < 4.78 is 0. The Hall–Kier alpha value is -0.0800. The van der Waals surface area contributed by atoms with Gasteiger partial charge in [-0.1, -0.05) is 34.1 Å². The van der Waals surface area contributed by atoms with Gasteiger partial charge in [-0.15, -0.1) is 0 Å². The van der Waals surface area contributed by atoms with Crippen LogP contribution in [0.15, 0.2) is 0 Å². The van der Waals surface area contributed by atoms with Gasteiger partial charge in [0.05, 0.1) is 0 Å². The van der Waals surface area contributed by atoms with Crippen LogP contribution >= 0.6 is 0 Å². The smallest absolute Gasteiger partial charge is 0.0198 e. The third-order valence-electron chi connectivity index (χ3n) is 4.88. The summed E-state index contributed by atoms with van der Waals surface area (Å²) in [5, 5.41) is 3.86. The van der Waals surface area contributed by atoms with Crippen molar-refractivity contribution >= 4 is 0 Å². The largest absolute Gasteiger partial charge is 0.312 e. The molecule has 0 aromatic rings. The Morgan fingerprint density at radius 2 is 1.84 bits per heavy atom. The maximum atomic E-state index is 3.86. The van der Waals surface area contributed by atoms with Gasteiger partial charge >= 0.3 is 0 Å². The lowest BCUT2D eigenvalue weighted by atomic mass is 9.79. The number of nitrogens with one attached hydrogen (secondary N) is 1. The Kier molecular flexibility index (Phi) is 5.30. The lowest BCUT2D eigenvalue weighted by Gasteiger charge is -2.41. The summed E-state index contributed by atoms with van der Waals surface area (Å²) in [4.78, 5) is 2.65. The fraction of sp³-hybridized carbons (Fsp3) is 1.00. The second-order valence-corrected chi connectivity index (χ2v) is 8.12. The normalized spacial score (nSPS) is 30.3. The highest BCUT2D eigenvalue weighted by atomic mass is 15.2. The Balaban J connectivity index is 1.80. The van der Waals surface area contributed by atoms with Crippen LogP contribution < -0.4 is 5.32 Å². The van der Waals surface area contributed by atoms with E-state index in [4.69, 9.17) is 0 Å². The van der Waals surface area contributed by atoms with Crippen LogP contribution in [0, 0.1) is 17.3 Å². The van der Waals surface area contributed by atoms with Crippen LogP contribution in [0.1, 0.15) is 59.8 Å². The van der Waals surface area contributed by atoms with E-state index in [-0.39, 0.29) is 0 Å². The summed E-state index contributed by atoms with van der Waals surface area (Å²) in [6.45, 7) is 14.5. The molecule has 2 atom stereocenters. The highest BCUT2D eigenvalue weighted by Crippen LogP contribution is 2.31. The van der Waals surface area contributed by atoms with Crippen molar-refractivity contribution in [2.75, 3.05) is 26.2 Å². The number of hydrogen-bond acceptors (Lipinski definition) is 2. The van der Waals surface area contributed by atoms with Crippen molar-refractivity contribution in [1.82, 2.24) is 10.2 Å². The van der Waals surface area contributed by atoms with Crippen molar-refractivity contribution in [2.45, 2.75) is 65.8 Å². The molecule has 2 heteroatoms. The first-order valence-corrected chi connectivity index (χ1v) is 8.42. The van der Waals surface area contributed by atoms with Crippen LogP contribution in [0.4, 0.5) is 0 Å². The van der Waals surface area contributed by atoms with Crippen molar-refractivity contribution in [3.05, 3.63) is 0 Å². The quantitative estimate of drug-likeness (QED) is 0.819. The molecule has 2 fully saturated rings. The molecule has 1 N–H and O–H groups in total. The number of piperidine rings is 1. The Labute approximate surface area is 120 Å². The van der Waals surface area contributed by atoms with E-state index in [2.05, 4.69) is 37.9 Å². The third kappa shape index (κ3) is 5.07. The van der Waals surface area contributed by atoms with E-state index >= 15 is 0 Å². The second-order valence-electron chi connectivity index (χ2n) is 8.12. The number of nitrogens with zero attached hydrogens (tertiary/aromatic N) is 1. The van der Waals surface area contributed by atoms with Gasteiger partial charge in [0.25, 0.3) is 0 Å². The molecular formula is C17H34N2. The molecule has 0 amide bonds. The summed E-state index contributed by atoms with van der Waals surface area (Å²) in [6, 6.07) is 0.738. The Bertz CT molecular complexity index is 265. The molecule has 1 aliphatic carbocycles. The minimum absolute atomic E-state index is 0.472. The molecule has 1 heterocycles. The predicted molar refractivity (Wildman–Crippen MR) is 83.4 cm³/mol. The van der Waals surface area contributed by atoms with Crippen LogP contribution in [-0.2, 0) is 0 Å². The molecule has 0 bridgehead atoms. The zero-order chi connectivity index (χ0) is 13.9. The summed E-state index contributed by atoms with van der Waals surface area (Å²) in [7, 11) is 0. The lowest BCUT2D eigenvalue weighted by molar-refractivity contribution is 0.114. The molecule has 1 aliphatic heterocycles. The molecule has 19 heavy (non-hydrogen) atoms. The topological polar surface area (TPSA) is 15.3 Å². The van der Waals surface area contributed by atoms with E-state index < -0.39 is 0 Å². The van der Waals surface area contributed by atoms with Gasteiger partial charge < -0.3 is 10.2 Å². The van der Waals surface area contributed by atoms with E-state index in [1.807, 2.05) is 0 Å². The molecule has 1 saturated heterocycles. The van der Waals surface area contributed by atoms with Gasteiger partial charge in [0, 0.05) is 19.1 Å². The summed E-state index contributed by atoms with van der Waals surface area (Å²) >= 11 is 0. The number of hydrogen-bond donors (Lipinski definition) is 1. The van der Waals surface area contributed by atoms with E-state index in [1.165, 1.54) is 58.3 Å². The van der Waals surface area contributed by atoms with Crippen molar-refractivity contribution in [1.29, 1.82) is 0 Å². The van der Waals surface area contributed by atoms with Crippen molar-refractivity contribution in [2.24, 2.45) is 17.3 Å². The van der Waals surface area contributed by atoms with Crippen molar-refractivity contribution in [3.8, 4) is 0 Å². The minimum atomic E-state index is 0.472. The number of rotatable bonds is 5. The number of likely N-dealkylation sites (N-methyl/N-ethyl adjacent to an activating group) is 1. The molecule has 112 valence electrons. The molecular weight excluding hydrogens is 232 g/mol. The van der Waals surface area contributed by atoms with Crippen molar-refractivity contribution in [3.63, 3.8) is 0 Å². The molecule has 1 saturated carbocycles. The van der Waals surface area contributed by atoms with Gasteiger partial charge in [-0.05, 0) is 56.0 Å². The minimum Gasteiger partial charge on any atom is -0.312 e. The van der Waals surface area contributed by atoms with Gasteiger partial charge in [-0.25, -0.2) is 0 Å². The summed E-state index contributed by atoms with van der Waals surface area (Å²) in [5.41, 5.74) is 0.472. The molecule has 0 radical (unpaired) electrons. The van der Waals surface area contributed by atoms with E-state index in [1.54, 1.807) is 0 Å².